The Kier molecular flexibility index (Phi) is 3.04. The third kappa shape index (κ3) is 2.11. The molecule has 0 saturated heterocycles. The lowest BCUT2D eigenvalue weighted by Crippen LogP contribution is -1.93. The number of pyridine rings is 1. The summed E-state index contributed by atoms with van der Waals surface area (Å²) in [5.41, 5.74) is 4.55. The van der Waals surface area contributed by atoms with Gasteiger partial charge >= 0.3 is 0 Å². The first-order valence-corrected chi connectivity index (χ1v) is 7.45. The van der Waals surface area contributed by atoms with E-state index < -0.39 is 0 Å². The van der Waals surface area contributed by atoms with Crippen LogP contribution in [0.5, 0.6) is 5.88 Å². The fraction of sp³-hybridized carbons (Fsp3) is 0.105. The summed E-state index contributed by atoms with van der Waals surface area (Å²) in [6.45, 7) is 2.59. The van der Waals surface area contributed by atoms with E-state index in [4.69, 9.17) is 4.74 Å². The van der Waals surface area contributed by atoms with Crippen molar-refractivity contribution in [3.63, 3.8) is 0 Å². The zero-order chi connectivity index (χ0) is 14.9. The minimum absolute atomic E-state index is 0.632. The molecule has 2 heterocycles. The maximum Gasteiger partial charge on any atom is 0.213 e. The van der Waals surface area contributed by atoms with Crippen LogP contribution in [-0.2, 0) is 0 Å². The van der Waals surface area contributed by atoms with E-state index in [9.17, 15) is 0 Å². The number of fused-ring (bicyclic) bond motifs is 3. The number of aromatic amines is 1. The smallest absolute Gasteiger partial charge is 0.213 e. The molecular weight excluding hydrogens is 272 g/mol. The summed E-state index contributed by atoms with van der Waals surface area (Å²) in [7, 11) is 0. The van der Waals surface area contributed by atoms with Crippen molar-refractivity contribution in [2.45, 2.75) is 6.92 Å². The summed E-state index contributed by atoms with van der Waals surface area (Å²) >= 11 is 0. The molecule has 3 nitrogen and oxygen atoms in total. The van der Waals surface area contributed by atoms with E-state index >= 15 is 0 Å². The average Bonchev–Trinajstić information content (AvgIpc) is 2.93. The summed E-state index contributed by atoms with van der Waals surface area (Å²) in [4.78, 5) is 7.81. The SMILES string of the molecule is CCOc1ccc(-c2ccc3c(c2)[nH]c2ccccc23)cn1. The average molecular weight is 288 g/mol. The number of nitrogens with one attached hydrogen (secondary N) is 1. The van der Waals surface area contributed by atoms with Gasteiger partial charge in [-0.05, 0) is 30.7 Å². The third-order valence-corrected chi connectivity index (χ3v) is 3.87. The number of aromatic nitrogens is 2. The first-order valence-electron chi connectivity index (χ1n) is 7.45. The van der Waals surface area contributed by atoms with Crippen molar-refractivity contribution in [1.82, 2.24) is 9.97 Å². The molecule has 2 aromatic heterocycles. The highest BCUT2D eigenvalue weighted by Gasteiger charge is 2.06. The quantitative estimate of drug-likeness (QED) is 0.589. The van der Waals surface area contributed by atoms with Crippen LogP contribution in [-0.4, -0.2) is 16.6 Å². The molecule has 1 N–H and O–H groups in total. The molecule has 0 atom stereocenters. The van der Waals surface area contributed by atoms with Crippen LogP contribution < -0.4 is 4.74 Å². The Labute approximate surface area is 128 Å². The minimum Gasteiger partial charge on any atom is -0.478 e. The van der Waals surface area contributed by atoms with E-state index in [-0.39, 0.29) is 0 Å². The molecular formula is C19H16N2O. The Morgan fingerprint density at radius 3 is 2.55 bits per heavy atom. The molecule has 0 amide bonds. The molecule has 0 unspecified atom stereocenters. The second kappa shape index (κ2) is 5.19. The molecule has 0 spiro atoms. The van der Waals surface area contributed by atoms with Gasteiger partial charge in [-0.2, -0.15) is 0 Å². The summed E-state index contributed by atoms with van der Waals surface area (Å²) in [6.07, 6.45) is 1.86. The van der Waals surface area contributed by atoms with Crippen molar-refractivity contribution in [3.05, 3.63) is 60.8 Å². The van der Waals surface area contributed by atoms with Crippen LogP contribution in [0.1, 0.15) is 6.92 Å². The van der Waals surface area contributed by atoms with Gasteiger partial charge < -0.3 is 9.72 Å². The highest BCUT2D eigenvalue weighted by molar-refractivity contribution is 6.08. The number of H-pyrrole nitrogens is 1. The Balaban J connectivity index is 1.80. The van der Waals surface area contributed by atoms with Crippen LogP contribution in [0.3, 0.4) is 0 Å². The zero-order valence-corrected chi connectivity index (χ0v) is 12.3. The maximum absolute atomic E-state index is 5.39. The van der Waals surface area contributed by atoms with Crippen LogP contribution in [0.15, 0.2) is 60.8 Å². The largest absolute Gasteiger partial charge is 0.478 e. The number of benzene rings is 2. The summed E-state index contributed by atoms with van der Waals surface area (Å²) in [6, 6.07) is 18.8. The Bertz CT molecular complexity index is 939. The number of rotatable bonds is 3. The molecule has 0 aliphatic rings. The van der Waals surface area contributed by atoms with Gasteiger partial charge in [-0.25, -0.2) is 4.98 Å². The van der Waals surface area contributed by atoms with E-state index in [1.807, 2.05) is 25.3 Å². The lowest BCUT2D eigenvalue weighted by Gasteiger charge is -2.04. The molecule has 0 bridgehead atoms. The zero-order valence-electron chi connectivity index (χ0n) is 12.3. The molecule has 0 fully saturated rings. The third-order valence-electron chi connectivity index (χ3n) is 3.87. The lowest BCUT2D eigenvalue weighted by atomic mass is 10.1. The van der Waals surface area contributed by atoms with Gasteiger partial charge in [0, 0.05) is 39.6 Å². The molecule has 0 aliphatic carbocycles. The van der Waals surface area contributed by atoms with E-state index in [0.29, 0.717) is 12.5 Å². The van der Waals surface area contributed by atoms with Gasteiger partial charge in [0.25, 0.3) is 0 Å². The second-order valence-electron chi connectivity index (χ2n) is 5.25. The van der Waals surface area contributed by atoms with Crippen molar-refractivity contribution in [1.29, 1.82) is 0 Å². The summed E-state index contributed by atoms with van der Waals surface area (Å²) in [5, 5.41) is 2.51. The molecule has 108 valence electrons. The van der Waals surface area contributed by atoms with Gasteiger partial charge in [0.05, 0.1) is 6.61 Å². The number of para-hydroxylation sites is 1. The van der Waals surface area contributed by atoms with Crippen molar-refractivity contribution in [2.75, 3.05) is 6.61 Å². The number of hydrogen-bond donors (Lipinski definition) is 1. The highest BCUT2D eigenvalue weighted by Crippen LogP contribution is 2.29. The molecule has 0 saturated carbocycles. The van der Waals surface area contributed by atoms with Gasteiger partial charge in [0.2, 0.25) is 5.88 Å². The molecule has 2 aromatic carbocycles. The first kappa shape index (κ1) is 12.9. The fourth-order valence-corrected chi connectivity index (χ4v) is 2.82. The number of nitrogens with zero attached hydrogens (tertiary/aromatic N) is 1. The molecule has 3 heteroatoms. The Morgan fingerprint density at radius 2 is 1.73 bits per heavy atom. The standard InChI is InChI=1S/C19H16N2O/c1-2-22-19-10-8-14(12-20-19)13-7-9-16-15-5-3-4-6-17(15)21-18(16)11-13/h3-12,21H,2H2,1H3. The lowest BCUT2D eigenvalue weighted by molar-refractivity contribution is 0.327. The molecule has 4 aromatic rings. The summed E-state index contributed by atoms with van der Waals surface area (Å²) < 4.78 is 5.39. The van der Waals surface area contributed by atoms with Crippen LogP contribution in [0.4, 0.5) is 0 Å². The van der Waals surface area contributed by atoms with Gasteiger partial charge in [-0.15, -0.1) is 0 Å². The molecule has 0 radical (unpaired) electrons. The summed E-state index contributed by atoms with van der Waals surface area (Å²) in [5.74, 6) is 0.665. The predicted molar refractivity (Wildman–Crippen MR) is 90.2 cm³/mol. The van der Waals surface area contributed by atoms with Crippen LogP contribution in [0, 0.1) is 0 Å². The van der Waals surface area contributed by atoms with Crippen molar-refractivity contribution >= 4 is 21.8 Å². The van der Waals surface area contributed by atoms with Gasteiger partial charge in [-0.3, -0.25) is 0 Å². The molecule has 22 heavy (non-hydrogen) atoms. The van der Waals surface area contributed by atoms with Gasteiger partial charge in [0.15, 0.2) is 0 Å². The first-order chi connectivity index (χ1) is 10.8. The van der Waals surface area contributed by atoms with E-state index in [1.54, 1.807) is 0 Å². The van der Waals surface area contributed by atoms with Crippen molar-refractivity contribution < 1.29 is 4.74 Å². The van der Waals surface area contributed by atoms with E-state index in [2.05, 4.69) is 52.4 Å². The topological polar surface area (TPSA) is 37.9 Å². The van der Waals surface area contributed by atoms with Crippen LogP contribution >= 0.6 is 0 Å². The Morgan fingerprint density at radius 1 is 0.909 bits per heavy atom. The fourth-order valence-electron chi connectivity index (χ4n) is 2.82. The number of hydrogen-bond acceptors (Lipinski definition) is 2. The Hall–Kier alpha value is -2.81. The van der Waals surface area contributed by atoms with Crippen LogP contribution in [0.2, 0.25) is 0 Å². The van der Waals surface area contributed by atoms with E-state index in [0.717, 1.165) is 16.6 Å². The molecule has 0 aliphatic heterocycles. The number of ether oxygens (including phenoxy) is 1. The molecule has 4 rings (SSSR count). The normalized spacial score (nSPS) is 11.1. The second-order valence-corrected chi connectivity index (χ2v) is 5.25. The van der Waals surface area contributed by atoms with Crippen molar-refractivity contribution in [3.8, 4) is 17.0 Å². The van der Waals surface area contributed by atoms with Crippen molar-refractivity contribution in [2.24, 2.45) is 0 Å². The van der Waals surface area contributed by atoms with Gasteiger partial charge in [-0.1, -0.05) is 30.3 Å². The highest BCUT2D eigenvalue weighted by atomic mass is 16.5. The monoisotopic (exact) mass is 288 g/mol. The van der Waals surface area contributed by atoms with E-state index in [1.165, 1.54) is 16.3 Å². The van der Waals surface area contributed by atoms with Crippen LogP contribution in [0.25, 0.3) is 32.9 Å². The maximum atomic E-state index is 5.39. The van der Waals surface area contributed by atoms with Gasteiger partial charge in [0.1, 0.15) is 0 Å². The minimum atomic E-state index is 0.632. The predicted octanol–water partition coefficient (Wildman–Crippen LogP) is 4.78.